The number of nitro groups is 1. The molecule has 0 saturated carbocycles. The van der Waals surface area contributed by atoms with Crippen LogP contribution < -0.4 is 10.5 Å². The normalized spacial score (nSPS) is 10.3. The van der Waals surface area contributed by atoms with Gasteiger partial charge in [0.15, 0.2) is 0 Å². The maximum Gasteiger partial charge on any atom is 0.276 e. The molecule has 0 atom stereocenters. The first kappa shape index (κ1) is 14.3. The molecule has 0 aliphatic rings. The van der Waals surface area contributed by atoms with Gasteiger partial charge in [0.25, 0.3) is 5.69 Å². The van der Waals surface area contributed by atoms with Crippen molar-refractivity contribution in [3.05, 3.63) is 50.1 Å². The Morgan fingerprint density at radius 1 is 1.30 bits per heavy atom. The number of pyridine rings is 1. The molecule has 6 nitrogen and oxygen atoms in total. The van der Waals surface area contributed by atoms with Crippen molar-refractivity contribution >= 4 is 27.3 Å². The molecule has 1 aromatic carbocycles. The van der Waals surface area contributed by atoms with Crippen molar-refractivity contribution in [1.82, 2.24) is 4.98 Å². The van der Waals surface area contributed by atoms with E-state index < -0.39 is 4.92 Å². The topological polar surface area (TPSA) is 91.3 Å². The zero-order valence-electron chi connectivity index (χ0n) is 10.9. The fourth-order valence-electron chi connectivity index (χ4n) is 1.75. The van der Waals surface area contributed by atoms with Gasteiger partial charge in [-0.15, -0.1) is 0 Å². The summed E-state index contributed by atoms with van der Waals surface area (Å²) in [5.74, 6) is 0.695. The van der Waals surface area contributed by atoms with Gasteiger partial charge in [0, 0.05) is 5.56 Å². The lowest BCUT2D eigenvalue weighted by Gasteiger charge is -2.10. The van der Waals surface area contributed by atoms with Crippen molar-refractivity contribution in [3.63, 3.8) is 0 Å². The monoisotopic (exact) mass is 337 g/mol. The Morgan fingerprint density at radius 2 is 2.00 bits per heavy atom. The minimum atomic E-state index is -0.437. The highest BCUT2D eigenvalue weighted by molar-refractivity contribution is 9.10. The number of hydrogen-bond acceptors (Lipinski definition) is 5. The van der Waals surface area contributed by atoms with E-state index in [9.17, 15) is 10.1 Å². The van der Waals surface area contributed by atoms with Gasteiger partial charge in [-0.25, -0.2) is 4.98 Å². The Balaban J connectivity index is 2.43. The molecule has 104 valence electrons. The van der Waals surface area contributed by atoms with Gasteiger partial charge in [-0.3, -0.25) is 10.1 Å². The summed E-state index contributed by atoms with van der Waals surface area (Å²) >= 11 is 3.29. The number of halogens is 1. The summed E-state index contributed by atoms with van der Waals surface area (Å²) in [6, 6.07) is 4.76. The summed E-state index contributed by atoms with van der Waals surface area (Å²) < 4.78 is 6.21. The van der Waals surface area contributed by atoms with Crippen LogP contribution in [0.2, 0.25) is 0 Å². The predicted octanol–water partition coefficient (Wildman–Crippen LogP) is 3.74. The van der Waals surface area contributed by atoms with Crippen LogP contribution in [-0.4, -0.2) is 9.91 Å². The first-order valence-electron chi connectivity index (χ1n) is 5.73. The Bertz CT molecular complexity index is 689. The van der Waals surface area contributed by atoms with Crippen LogP contribution in [0.5, 0.6) is 11.6 Å². The second-order valence-electron chi connectivity index (χ2n) is 4.32. The standard InChI is InChI=1S/C13H12BrN3O3/c1-7-3-8(2)12(5-11(7)17(18)19)20-13-10(14)4-9(15)6-16-13/h3-6H,15H2,1-2H3. The lowest BCUT2D eigenvalue weighted by Crippen LogP contribution is -1.97. The van der Waals surface area contributed by atoms with Crippen LogP contribution in [0.25, 0.3) is 0 Å². The minimum absolute atomic E-state index is 0.0113. The summed E-state index contributed by atoms with van der Waals surface area (Å²) in [5, 5.41) is 11.0. The van der Waals surface area contributed by atoms with E-state index in [4.69, 9.17) is 10.5 Å². The van der Waals surface area contributed by atoms with Crippen molar-refractivity contribution in [2.45, 2.75) is 13.8 Å². The fourth-order valence-corrected chi connectivity index (χ4v) is 2.20. The van der Waals surface area contributed by atoms with Crippen LogP contribution in [0.1, 0.15) is 11.1 Å². The van der Waals surface area contributed by atoms with E-state index in [-0.39, 0.29) is 5.69 Å². The number of anilines is 1. The summed E-state index contributed by atoms with van der Waals surface area (Å²) in [7, 11) is 0. The Hall–Kier alpha value is -2.15. The van der Waals surface area contributed by atoms with Gasteiger partial charge in [0.05, 0.1) is 27.3 Å². The number of aryl methyl sites for hydroxylation is 2. The number of nitrogen functional groups attached to an aromatic ring is 1. The first-order chi connectivity index (χ1) is 9.38. The SMILES string of the molecule is Cc1cc(C)c([N+](=O)[O-])cc1Oc1ncc(N)cc1Br. The molecule has 0 spiro atoms. The average molecular weight is 338 g/mol. The molecule has 0 amide bonds. The molecule has 0 aliphatic heterocycles. The maximum absolute atomic E-state index is 11.0. The van der Waals surface area contributed by atoms with Gasteiger partial charge in [0.1, 0.15) is 5.75 Å². The number of aromatic nitrogens is 1. The average Bonchev–Trinajstić information content (AvgIpc) is 2.35. The third-order valence-corrected chi connectivity index (χ3v) is 3.29. The van der Waals surface area contributed by atoms with Gasteiger partial charge in [-0.2, -0.15) is 0 Å². The van der Waals surface area contributed by atoms with Crippen LogP contribution in [0.4, 0.5) is 11.4 Å². The van der Waals surface area contributed by atoms with E-state index in [2.05, 4.69) is 20.9 Å². The fraction of sp³-hybridized carbons (Fsp3) is 0.154. The molecule has 7 heteroatoms. The highest BCUT2D eigenvalue weighted by atomic mass is 79.9. The largest absolute Gasteiger partial charge is 0.437 e. The van der Waals surface area contributed by atoms with Gasteiger partial charge in [0.2, 0.25) is 5.88 Å². The first-order valence-corrected chi connectivity index (χ1v) is 6.52. The molecule has 20 heavy (non-hydrogen) atoms. The smallest absolute Gasteiger partial charge is 0.276 e. The zero-order valence-corrected chi connectivity index (χ0v) is 12.5. The molecule has 0 aliphatic carbocycles. The molecule has 1 aromatic heterocycles. The molecule has 2 N–H and O–H groups in total. The highest BCUT2D eigenvalue weighted by Crippen LogP contribution is 2.34. The molecule has 0 saturated heterocycles. The quantitative estimate of drug-likeness (QED) is 0.680. The van der Waals surface area contributed by atoms with Crippen LogP contribution in [-0.2, 0) is 0 Å². The summed E-state index contributed by atoms with van der Waals surface area (Å²) in [6.07, 6.45) is 1.46. The van der Waals surface area contributed by atoms with E-state index in [1.165, 1.54) is 12.3 Å². The highest BCUT2D eigenvalue weighted by Gasteiger charge is 2.16. The van der Waals surface area contributed by atoms with Crippen molar-refractivity contribution in [2.24, 2.45) is 0 Å². The molecule has 0 fully saturated rings. The van der Waals surface area contributed by atoms with Crippen molar-refractivity contribution in [2.75, 3.05) is 5.73 Å². The third-order valence-electron chi connectivity index (χ3n) is 2.73. The van der Waals surface area contributed by atoms with E-state index in [0.717, 1.165) is 5.56 Å². The Labute approximate surface area is 123 Å². The van der Waals surface area contributed by atoms with E-state index in [1.807, 2.05) is 6.92 Å². The van der Waals surface area contributed by atoms with Gasteiger partial charge in [-0.1, -0.05) is 0 Å². The molecule has 0 bridgehead atoms. The lowest BCUT2D eigenvalue weighted by molar-refractivity contribution is -0.385. The maximum atomic E-state index is 11.0. The minimum Gasteiger partial charge on any atom is -0.437 e. The number of nitro benzene ring substituents is 1. The van der Waals surface area contributed by atoms with E-state index >= 15 is 0 Å². The van der Waals surface area contributed by atoms with Crippen molar-refractivity contribution < 1.29 is 9.66 Å². The summed E-state index contributed by atoms with van der Waals surface area (Å²) in [6.45, 7) is 3.50. The number of benzene rings is 1. The summed E-state index contributed by atoms with van der Waals surface area (Å²) in [5.41, 5.74) is 7.48. The van der Waals surface area contributed by atoms with Crippen molar-refractivity contribution in [3.8, 4) is 11.6 Å². The molecule has 0 unspecified atom stereocenters. The second kappa shape index (κ2) is 5.46. The van der Waals surface area contributed by atoms with Crippen LogP contribution in [0.3, 0.4) is 0 Å². The third kappa shape index (κ3) is 2.88. The molecule has 0 radical (unpaired) electrons. The number of ether oxygens (including phenoxy) is 1. The van der Waals surface area contributed by atoms with E-state index in [0.29, 0.717) is 27.4 Å². The van der Waals surface area contributed by atoms with Crippen LogP contribution in [0.15, 0.2) is 28.9 Å². The van der Waals surface area contributed by atoms with Crippen molar-refractivity contribution in [1.29, 1.82) is 0 Å². The number of nitrogens with zero attached hydrogens (tertiary/aromatic N) is 2. The summed E-state index contributed by atoms with van der Waals surface area (Å²) in [4.78, 5) is 14.6. The molecular formula is C13H12BrN3O3. The van der Waals surface area contributed by atoms with Gasteiger partial charge < -0.3 is 10.5 Å². The Kier molecular flexibility index (Phi) is 3.89. The number of hydrogen-bond donors (Lipinski definition) is 1. The van der Waals surface area contributed by atoms with Gasteiger partial charge in [-0.05, 0) is 47.5 Å². The number of rotatable bonds is 3. The van der Waals surface area contributed by atoms with Gasteiger partial charge >= 0.3 is 0 Å². The lowest BCUT2D eigenvalue weighted by atomic mass is 10.1. The molecule has 2 rings (SSSR count). The predicted molar refractivity (Wildman–Crippen MR) is 79.0 cm³/mol. The second-order valence-corrected chi connectivity index (χ2v) is 5.17. The Morgan fingerprint density at radius 3 is 2.60 bits per heavy atom. The zero-order chi connectivity index (χ0) is 14.9. The molecular weight excluding hydrogens is 326 g/mol. The number of nitrogens with two attached hydrogens (primary N) is 1. The van der Waals surface area contributed by atoms with E-state index in [1.54, 1.807) is 19.1 Å². The van der Waals surface area contributed by atoms with Crippen LogP contribution in [0, 0.1) is 24.0 Å². The molecule has 1 heterocycles. The molecule has 2 aromatic rings. The van der Waals surface area contributed by atoms with Crippen LogP contribution >= 0.6 is 15.9 Å².